The number of hydrogen-bond donors (Lipinski definition) is 0. The molecule has 268 valence electrons. The summed E-state index contributed by atoms with van der Waals surface area (Å²) in [6.45, 7) is 15.7. The van der Waals surface area contributed by atoms with Crippen LogP contribution in [0.2, 0.25) is 0 Å². The van der Waals surface area contributed by atoms with E-state index in [1.165, 1.54) is 11.1 Å². The second-order valence-corrected chi connectivity index (χ2v) is 16.9. The van der Waals surface area contributed by atoms with Gasteiger partial charge in [0.1, 0.15) is 22.5 Å². The molecule has 2 aromatic heterocycles. The SMILES string of the molecule is Cc1cc2c3c(c1)N(c1ccc4c(c1)OCO4)c1c(oc4ccc(C(C)(C)C)cc14)B3c1oc3ccc(C(C)(C)C)cc3c1N2c1ccc2c(c1)OCO2. The molecule has 8 nitrogen and oxygen atoms in total. The fraction of sp³-hybridized carbons (Fsp3) is 0.244. The van der Waals surface area contributed by atoms with Crippen molar-refractivity contribution in [3.63, 3.8) is 0 Å². The highest BCUT2D eigenvalue weighted by Crippen LogP contribution is 2.51. The Kier molecular flexibility index (Phi) is 6.19. The van der Waals surface area contributed by atoms with Gasteiger partial charge in [0.2, 0.25) is 13.6 Å². The van der Waals surface area contributed by atoms with Crippen molar-refractivity contribution in [1.82, 2.24) is 0 Å². The fourth-order valence-corrected chi connectivity index (χ4v) is 8.63. The topological polar surface area (TPSA) is 69.7 Å². The van der Waals surface area contributed by atoms with Crippen LogP contribution in [-0.2, 0) is 10.8 Å². The highest BCUT2D eigenvalue weighted by Gasteiger charge is 2.50. The number of benzene rings is 5. The van der Waals surface area contributed by atoms with E-state index in [2.05, 4.69) is 131 Å². The first kappa shape index (κ1) is 31.6. The second-order valence-electron chi connectivity index (χ2n) is 16.9. The Morgan fingerprint density at radius 1 is 0.519 bits per heavy atom. The average molecular weight is 715 g/mol. The third kappa shape index (κ3) is 4.38. The Balaban J connectivity index is 1.26. The number of nitrogens with zero attached hydrogens (tertiary/aromatic N) is 2. The molecule has 0 amide bonds. The predicted molar refractivity (Wildman–Crippen MR) is 214 cm³/mol. The van der Waals surface area contributed by atoms with Crippen LogP contribution in [0.25, 0.3) is 21.9 Å². The Labute approximate surface area is 313 Å². The Bertz CT molecular complexity index is 2570. The molecule has 0 atom stereocenters. The van der Waals surface area contributed by atoms with Crippen molar-refractivity contribution in [2.45, 2.75) is 59.3 Å². The van der Waals surface area contributed by atoms with Crippen LogP contribution in [0.15, 0.2) is 93.8 Å². The molecule has 0 N–H and O–H groups in total. The van der Waals surface area contributed by atoms with Crippen LogP contribution in [0.4, 0.5) is 34.1 Å². The third-order valence-corrected chi connectivity index (χ3v) is 11.4. The molecule has 0 radical (unpaired) electrons. The normalized spacial score (nSPS) is 15.3. The van der Waals surface area contributed by atoms with E-state index in [0.29, 0.717) is 0 Å². The molecule has 9 heteroatoms. The van der Waals surface area contributed by atoms with E-state index in [1.807, 2.05) is 12.1 Å². The second kappa shape index (κ2) is 10.6. The van der Waals surface area contributed by atoms with Gasteiger partial charge in [-0.25, -0.2) is 0 Å². The molecule has 0 unspecified atom stereocenters. The summed E-state index contributed by atoms with van der Waals surface area (Å²) in [6.07, 6.45) is 0. The van der Waals surface area contributed by atoms with Gasteiger partial charge in [-0.2, -0.15) is 0 Å². The van der Waals surface area contributed by atoms with Gasteiger partial charge >= 0.3 is 6.71 Å². The number of aryl methyl sites for hydroxylation is 1. The van der Waals surface area contributed by atoms with Crippen LogP contribution in [-0.4, -0.2) is 20.3 Å². The van der Waals surface area contributed by atoms with Gasteiger partial charge in [-0.05, 0) is 101 Å². The molecule has 0 saturated carbocycles. The zero-order valence-electron chi connectivity index (χ0n) is 31.4. The van der Waals surface area contributed by atoms with E-state index in [1.54, 1.807) is 0 Å². The molecule has 0 saturated heterocycles. The molecular weight excluding hydrogens is 675 g/mol. The highest BCUT2D eigenvalue weighted by atomic mass is 16.7. The Morgan fingerprint density at radius 3 is 1.41 bits per heavy atom. The first-order chi connectivity index (χ1) is 25.9. The van der Waals surface area contributed by atoms with E-state index in [-0.39, 0.29) is 31.1 Å². The Morgan fingerprint density at radius 2 is 0.963 bits per heavy atom. The van der Waals surface area contributed by atoms with Crippen LogP contribution in [0.3, 0.4) is 0 Å². The maximum atomic E-state index is 7.10. The lowest BCUT2D eigenvalue weighted by Crippen LogP contribution is -2.60. The van der Waals surface area contributed by atoms with Crippen LogP contribution in [0.5, 0.6) is 23.0 Å². The van der Waals surface area contributed by atoms with Gasteiger partial charge in [0.15, 0.2) is 23.0 Å². The number of rotatable bonds is 2. The van der Waals surface area contributed by atoms with Gasteiger partial charge in [0, 0.05) is 34.3 Å². The number of ether oxygens (including phenoxy) is 4. The van der Waals surface area contributed by atoms with Crippen LogP contribution >= 0.6 is 0 Å². The summed E-state index contributed by atoms with van der Waals surface area (Å²) in [5, 5.41) is 2.10. The molecule has 0 bridgehead atoms. The monoisotopic (exact) mass is 714 g/mol. The maximum absolute atomic E-state index is 7.10. The molecule has 4 aliphatic heterocycles. The smallest absolute Gasteiger partial charge is 0.342 e. The van der Waals surface area contributed by atoms with Crippen molar-refractivity contribution in [1.29, 1.82) is 0 Å². The molecule has 0 aliphatic carbocycles. The zero-order valence-corrected chi connectivity index (χ0v) is 31.4. The molecule has 11 rings (SSSR count). The van der Waals surface area contributed by atoms with Gasteiger partial charge in [-0.3, -0.25) is 0 Å². The number of hydrogen-bond acceptors (Lipinski definition) is 8. The largest absolute Gasteiger partial charge is 0.468 e. The maximum Gasteiger partial charge on any atom is 0.342 e. The van der Waals surface area contributed by atoms with Crippen molar-refractivity contribution in [3.8, 4) is 23.0 Å². The van der Waals surface area contributed by atoms with Crippen LogP contribution < -0.4 is 45.5 Å². The van der Waals surface area contributed by atoms with Gasteiger partial charge in [0.05, 0.1) is 22.7 Å². The Hall–Kier alpha value is -5.96. The van der Waals surface area contributed by atoms with Crippen LogP contribution in [0.1, 0.15) is 58.2 Å². The van der Waals surface area contributed by atoms with Crippen molar-refractivity contribution in [3.05, 3.63) is 102 Å². The zero-order chi connectivity index (χ0) is 36.8. The van der Waals surface area contributed by atoms with Crippen molar-refractivity contribution in [2.24, 2.45) is 0 Å². The lowest BCUT2D eigenvalue weighted by atomic mass is 9.37. The molecule has 0 spiro atoms. The summed E-state index contributed by atoms with van der Waals surface area (Å²) in [5.41, 5.74) is 13.9. The number of furan rings is 2. The summed E-state index contributed by atoms with van der Waals surface area (Å²) in [5.74, 6) is 2.92. The molecule has 6 heterocycles. The quantitative estimate of drug-likeness (QED) is 0.164. The first-order valence-corrected chi connectivity index (χ1v) is 18.6. The highest BCUT2D eigenvalue weighted by molar-refractivity contribution is 6.99. The standard InChI is InChI=1S/C45H39BN2O6/c1-24-16-31-39-32(17-24)48(28-11-15-36-38(21-28)52-23-50-36)41-30-19-26(45(5,6)7)9-13-34(30)54-43(41)46(39)42-40(29-18-25(44(2,3)4)8-12-33(29)53-42)47(31)27-10-14-35-37(20-27)51-22-49-35/h8-21H,22-23H2,1-7H3. The van der Waals surface area contributed by atoms with Gasteiger partial charge in [-0.1, -0.05) is 53.7 Å². The third-order valence-electron chi connectivity index (χ3n) is 11.4. The van der Waals surface area contributed by atoms with E-state index < -0.39 is 0 Å². The average Bonchev–Trinajstić information content (AvgIpc) is 3.94. The molecule has 0 fully saturated rings. The molecule has 4 aliphatic rings. The lowest BCUT2D eigenvalue weighted by molar-refractivity contribution is 0.173. The molecular formula is C45H39BN2O6. The number of fused-ring (bicyclic) bond motifs is 10. The summed E-state index contributed by atoms with van der Waals surface area (Å²) < 4.78 is 37.6. The summed E-state index contributed by atoms with van der Waals surface area (Å²) in [4.78, 5) is 4.70. The van der Waals surface area contributed by atoms with E-state index >= 15 is 0 Å². The van der Waals surface area contributed by atoms with E-state index in [9.17, 15) is 0 Å². The summed E-state index contributed by atoms with van der Waals surface area (Å²) >= 11 is 0. The predicted octanol–water partition coefficient (Wildman–Crippen LogP) is 9.62. The van der Waals surface area contributed by atoms with Crippen molar-refractivity contribution in [2.75, 3.05) is 23.4 Å². The molecule has 5 aromatic carbocycles. The minimum Gasteiger partial charge on any atom is -0.468 e. The lowest BCUT2D eigenvalue weighted by Gasteiger charge is -2.41. The summed E-state index contributed by atoms with van der Waals surface area (Å²) in [6, 6.07) is 30.2. The van der Waals surface area contributed by atoms with Gasteiger partial charge in [0.25, 0.3) is 0 Å². The minimum absolute atomic E-state index is 0.0646. The van der Waals surface area contributed by atoms with E-state index in [4.69, 9.17) is 27.8 Å². The summed E-state index contributed by atoms with van der Waals surface area (Å²) in [7, 11) is 0. The van der Waals surface area contributed by atoms with E-state index in [0.717, 1.165) is 101 Å². The van der Waals surface area contributed by atoms with Crippen molar-refractivity contribution >= 4 is 79.6 Å². The minimum atomic E-state index is -0.327. The fourth-order valence-electron chi connectivity index (χ4n) is 8.63. The first-order valence-electron chi connectivity index (χ1n) is 18.6. The van der Waals surface area contributed by atoms with Crippen molar-refractivity contribution < 1.29 is 27.8 Å². The number of anilines is 6. The van der Waals surface area contributed by atoms with Gasteiger partial charge in [-0.15, -0.1) is 0 Å². The van der Waals surface area contributed by atoms with Crippen LogP contribution in [0, 0.1) is 6.92 Å². The van der Waals surface area contributed by atoms with Gasteiger partial charge < -0.3 is 37.6 Å². The molecule has 54 heavy (non-hydrogen) atoms. The molecule has 7 aromatic rings.